The Bertz CT molecular complexity index is 304. The van der Waals surface area contributed by atoms with Gasteiger partial charge in [0.1, 0.15) is 5.82 Å². The summed E-state index contributed by atoms with van der Waals surface area (Å²) in [6.07, 6.45) is 0. The third-order valence-corrected chi connectivity index (χ3v) is 2.43. The van der Waals surface area contributed by atoms with Crippen molar-refractivity contribution in [3.05, 3.63) is 28.6 Å². The molecule has 0 amide bonds. The Morgan fingerprint density at radius 3 is 2.07 bits per heavy atom. The summed E-state index contributed by atoms with van der Waals surface area (Å²) < 4.78 is 13.6. The van der Waals surface area contributed by atoms with Gasteiger partial charge >= 0.3 is 0 Å². The van der Waals surface area contributed by atoms with Gasteiger partial charge in [-0.15, -0.1) is 0 Å². The van der Waals surface area contributed by atoms with Gasteiger partial charge < -0.3 is 5.73 Å². The van der Waals surface area contributed by atoms with Crippen molar-refractivity contribution in [1.29, 1.82) is 0 Å². The Morgan fingerprint density at radius 1 is 1.20 bits per heavy atom. The average molecular weight is 211 g/mol. The van der Waals surface area contributed by atoms with E-state index in [4.69, 9.17) is 5.73 Å². The van der Waals surface area contributed by atoms with Crippen molar-refractivity contribution in [3.63, 3.8) is 0 Å². The van der Waals surface area contributed by atoms with Crippen molar-refractivity contribution in [1.82, 2.24) is 0 Å². The Labute approximate surface area is 92.5 Å². The zero-order chi connectivity index (χ0) is 12.2. The smallest absolute Gasteiger partial charge is 0.149 e. The van der Waals surface area contributed by atoms with Gasteiger partial charge in [-0.1, -0.05) is 27.7 Å². The fourth-order valence-electron chi connectivity index (χ4n) is 1.62. The van der Waals surface area contributed by atoms with Gasteiger partial charge in [0.05, 0.1) is 5.69 Å². The molecule has 86 valence electrons. The zero-order valence-electron chi connectivity index (χ0n) is 10.6. The number of hydrogen-bond donors (Lipinski definition) is 1. The van der Waals surface area contributed by atoms with Crippen LogP contribution < -0.4 is 5.73 Å². The summed E-state index contributed by atoms with van der Waals surface area (Å²) >= 11 is 0. The standard InChI is InChI=1S/C11H16FN.C2H6/c1-6(2)10-8(4)7(3)5-9(13)11(10)12;1-2/h5-6H,13H2,1-4H3;1-2H3. The predicted molar refractivity (Wildman–Crippen MR) is 65.7 cm³/mol. The molecule has 0 unspecified atom stereocenters. The summed E-state index contributed by atoms with van der Waals surface area (Å²) in [6, 6.07) is 1.69. The lowest BCUT2D eigenvalue weighted by atomic mass is 9.93. The minimum Gasteiger partial charge on any atom is -0.396 e. The lowest BCUT2D eigenvalue weighted by Crippen LogP contribution is -2.03. The average Bonchev–Trinajstić information content (AvgIpc) is 2.18. The fourth-order valence-corrected chi connectivity index (χ4v) is 1.62. The van der Waals surface area contributed by atoms with Crippen LogP contribution in [0.15, 0.2) is 6.07 Å². The Balaban J connectivity index is 0.000000921. The van der Waals surface area contributed by atoms with Crippen LogP contribution in [0.5, 0.6) is 0 Å². The number of nitrogens with two attached hydrogens (primary N) is 1. The molecule has 1 aromatic carbocycles. The van der Waals surface area contributed by atoms with E-state index in [1.54, 1.807) is 6.07 Å². The quantitative estimate of drug-likeness (QED) is 0.693. The molecule has 0 aliphatic heterocycles. The van der Waals surface area contributed by atoms with Crippen LogP contribution in [0.1, 0.15) is 50.3 Å². The molecule has 0 heterocycles. The van der Waals surface area contributed by atoms with Crippen molar-refractivity contribution in [2.24, 2.45) is 0 Å². The lowest BCUT2D eigenvalue weighted by Gasteiger charge is -2.14. The summed E-state index contributed by atoms with van der Waals surface area (Å²) in [6.45, 7) is 11.8. The molecule has 0 saturated carbocycles. The molecule has 0 radical (unpaired) electrons. The van der Waals surface area contributed by atoms with Gasteiger partial charge in [-0.05, 0) is 42.5 Å². The van der Waals surface area contributed by atoms with Crippen molar-refractivity contribution in [3.8, 4) is 0 Å². The maximum atomic E-state index is 13.6. The molecule has 1 nitrogen and oxygen atoms in total. The van der Waals surface area contributed by atoms with E-state index in [0.29, 0.717) is 0 Å². The van der Waals surface area contributed by atoms with Crippen LogP contribution in [-0.4, -0.2) is 0 Å². The first-order valence-corrected chi connectivity index (χ1v) is 5.50. The molecule has 0 atom stereocenters. The monoisotopic (exact) mass is 211 g/mol. The molecule has 0 aromatic heterocycles. The van der Waals surface area contributed by atoms with Crippen LogP contribution in [0.25, 0.3) is 0 Å². The fraction of sp³-hybridized carbons (Fsp3) is 0.538. The minimum atomic E-state index is -0.252. The molecule has 0 fully saturated rings. The van der Waals surface area contributed by atoms with Crippen LogP contribution in [0.4, 0.5) is 10.1 Å². The predicted octanol–water partition coefficient (Wildman–Crippen LogP) is 4.17. The van der Waals surface area contributed by atoms with E-state index >= 15 is 0 Å². The number of hydrogen-bond acceptors (Lipinski definition) is 1. The van der Waals surface area contributed by atoms with E-state index in [9.17, 15) is 4.39 Å². The molecule has 2 N–H and O–H groups in total. The van der Waals surface area contributed by atoms with E-state index in [2.05, 4.69) is 0 Å². The summed E-state index contributed by atoms with van der Waals surface area (Å²) in [4.78, 5) is 0. The molecule has 1 aromatic rings. The van der Waals surface area contributed by atoms with Gasteiger partial charge in [-0.2, -0.15) is 0 Å². The highest BCUT2D eigenvalue weighted by molar-refractivity contribution is 5.51. The first-order valence-electron chi connectivity index (χ1n) is 5.50. The van der Waals surface area contributed by atoms with Crippen molar-refractivity contribution >= 4 is 5.69 Å². The molecular weight excluding hydrogens is 189 g/mol. The molecule has 0 bridgehead atoms. The number of nitrogen functional groups attached to an aromatic ring is 1. The largest absolute Gasteiger partial charge is 0.396 e. The molecule has 0 aliphatic carbocycles. The maximum absolute atomic E-state index is 13.6. The second-order valence-corrected chi connectivity index (χ2v) is 3.79. The van der Waals surface area contributed by atoms with Gasteiger partial charge in [0.15, 0.2) is 0 Å². The third-order valence-electron chi connectivity index (χ3n) is 2.43. The highest BCUT2D eigenvalue weighted by Crippen LogP contribution is 2.28. The topological polar surface area (TPSA) is 26.0 Å². The molecule has 1 rings (SSSR count). The van der Waals surface area contributed by atoms with Crippen molar-refractivity contribution in [2.75, 3.05) is 5.73 Å². The number of benzene rings is 1. The lowest BCUT2D eigenvalue weighted by molar-refractivity contribution is 0.599. The van der Waals surface area contributed by atoms with Crippen LogP contribution in [0.2, 0.25) is 0 Å². The van der Waals surface area contributed by atoms with Gasteiger partial charge in [0.25, 0.3) is 0 Å². The summed E-state index contributed by atoms with van der Waals surface area (Å²) in [5.74, 6) is -0.0692. The first-order chi connectivity index (χ1) is 6.95. The van der Waals surface area contributed by atoms with Gasteiger partial charge in [0.2, 0.25) is 0 Å². The highest BCUT2D eigenvalue weighted by Gasteiger charge is 2.14. The molecule has 15 heavy (non-hydrogen) atoms. The number of aryl methyl sites for hydroxylation is 1. The van der Waals surface area contributed by atoms with Crippen LogP contribution in [0.3, 0.4) is 0 Å². The molecule has 2 heteroatoms. The number of halogens is 1. The van der Waals surface area contributed by atoms with E-state index in [1.807, 2.05) is 41.5 Å². The Morgan fingerprint density at radius 2 is 1.67 bits per heavy atom. The van der Waals surface area contributed by atoms with E-state index in [1.165, 1.54) is 0 Å². The van der Waals surface area contributed by atoms with Crippen LogP contribution in [0, 0.1) is 19.7 Å². The molecule has 0 saturated heterocycles. The van der Waals surface area contributed by atoms with Crippen LogP contribution in [-0.2, 0) is 0 Å². The summed E-state index contributed by atoms with van der Waals surface area (Å²) in [5.41, 5.74) is 8.63. The number of rotatable bonds is 1. The molecule has 0 aliphatic rings. The normalized spacial score (nSPS) is 9.87. The second-order valence-electron chi connectivity index (χ2n) is 3.79. The first kappa shape index (κ1) is 13.9. The van der Waals surface area contributed by atoms with Crippen LogP contribution >= 0.6 is 0 Å². The molecule has 0 spiro atoms. The Kier molecular flexibility index (Phi) is 5.34. The van der Waals surface area contributed by atoms with Crippen molar-refractivity contribution < 1.29 is 4.39 Å². The van der Waals surface area contributed by atoms with E-state index < -0.39 is 0 Å². The summed E-state index contributed by atoms with van der Waals surface area (Å²) in [7, 11) is 0. The Hall–Kier alpha value is -1.05. The van der Waals surface area contributed by atoms with Gasteiger partial charge in [0, 0.05) is 0 Å². The third kappa shape index (κ3) is 2.95. The van der Waals surface area contributed by atoms with E-state index in [-0.39, 0.29) is 17.4 Å². The maximum Gasteiger partial charge on any atom is 0.149 e. The zero-order valence-corrected chi connectivity index (χ0v) is 10.6. The van der Waals surface area contributed by atoms with Crippen molar-refractivity contribution in [2.45, 2.75) is 47.5 Å². The number of anilines is 1. The van der Waals surface area contributed by atoms with Gasteiger partial charge in [-0.3, -0.25) is 0 Å². The van der Waals surface area contributed by atoms with Gasteiger partial charge in [-0.25, -0.2) is 4.39 Å². The SMILES string of the molecule is CC.Cc1cc(N)c(F)c(C(C)C)c1C. The second kappa shape index (κ2) is 5.74. The highest BCUT2D eigenvalue weighted by atomic mass is 19.1. The van der Waals surface area contributed by atoms with E-state index in [0.717, 1.165) is 16.7 Å². The molecular formula is C13H22FN. The minimum absolute atomic E-state index is 0.183. The summed E-state index contributed by atoms with van der Waals surface area (Å²) in [5, 5.41) is 0.